The lowest BCUT2D eigenvalue weighted by atomic mass is 10.2. The normalized spacial score (nSPS) is 10.2. The van der Waals surface area contributed by atoms with Gasteiger partial charge in [0.25, 0.3) is 5.91 Å². The number of primary amides is 1. The minimum absolute atomic E-state index is 0.143. The lowest BCUT2D eigenvalue weighted by molar-refractivity contribution is -0.115. The molecule has 0 saturated heterocycles. The molecular formula is C18H20N2O4S. The van der Waals surface area contributed by atoms with Crippen LogP contribution < -0.4 is 20.5 Å². The molecular weight excluding hydrogens is 340 g/mol. The maximum absolute atomic E-state index is 12.6. The number of methoxy groups -OCH3 is 1. The summed E-state index contributed by atoms with van der Waals surface area (Å²) in [5.74, 6) is 0.521. The predicted octanol–water partition coefficient (Wildman–Crippen LogP) is 2.92. The Balaban J connectivity index is 2.19. The summed E-state index contributed by atoms with van der Waals surface area (Å²) in [6.45, 7) is 2.33. The average molecular weight is 360 g/mol. The number of amides is 2. The zero-order valence-electron chi connectivity index (χ0n) is 14.1. The molecule has 7 heteroatoms. The van der Waals surface area contributed by atoms with Gasteiger partial charge in [0, 0.05) is 10.5 Å². The van der Waals surface area contributed by atoms with Gasteiger partial charge in [-0.05, 0) is 37.3 Å². The highest BCUT2D eigenvalue weighted by molar-refractivity contribution is 8.00. The van der Waals surface area contributed by atoms with Crippen molar-refractivity contribution in [3.8, 4) is 11.5 Å². The molecule has 3 N–H and O–H groups in total. The van der Waals surface area contributed by atoms with Crippen LogP contribution in [-0.2, 0) is 4.79 Å². The second-order valence-corrected chi connectivity index (χ2v) is 6.02. The van der Waals surface area contributed by atoms with E-state index in [1.165, 1.54) is 11.8 Å². The fraction of sp³-hybridized carbons (Fsp3) is 0.222. The Kier molecular flexibility index (Phi) is 6.71. The number of ether oxygens (including phenoxy) is 2. The maximum atomic E-state index is 12.6. The summed E-state index contributed by atoms with van der Waals surface area (Å²) in [4.78, 5) is 24.3. The third-order valence-electron chi connectivity index (χ3n) is 3.23. The second-order valence-electron chi connectivity index (χ2n) is 5.00. The maximum Gasteiger partial charge on any atom is 0.255 e. The molecule has 0 unspecified atom stereocenters. The molecule has 0 aliphatic carbocycles. The molecule has 0 aromatic heterocycles. The van der Waals surface area contributed by atoms with Crippen LogP contribution in [0.5, 0.6) is 11.5 Å². The minimum atomic E-state index is -0.414. The first kappa shape index (κ1) is 18.7. The van der Waals surface area contributed by atoms with Crippen molar-refractivity contribution >= 4 is 29.3 Å². The van der Waals surface area contributed by atoms with Gasteiger partial charge in [0.1, 0.15) is 0 Å². The van der Waals surface area contributed by atoms with E-state index in [2.05, 4.69) is 5.32 Å². The van der Waals surface area contributed by atoms with E-state index in [4.69, 9.17) is 15.2 Å². The molecule has 2 amide bonds. The van der Waals surface area contributed by atoms with Gasteiger partial charge in [-0.3, -0.25) is 9.59 Å². The molecule has 0 atom stereocenters. The molecule has 0 saturated carbocycles. The van der Waals surface area contributed by atoms with Crippen molar-refractivity contribution in [2.75, 3.05) is 24.8 Å². The number of para-hydroxylation sites is 1. The van der Waals surface area contributed by atoms with Gasteiger partial charge in [0.2, 0.25) is 5.91 Å². The molecule has 2 rings (SSSR count). The van der Waals surface area contributed by atoms with Crippen LogP contribution in [-0.4, -0.2) is 31.3 Å². The molecule has 6 nitrogen and oxygen atoms in total. The molecule has 0 aliphatic heterocycles. The zero-order valence-corrected chi connectivity index (χ0v) is 14.9. The van der Waals surface area contributed by atoms with Gasteiger partial charge in [0.15, 0.2) is 11.5 Å². The number of hydrogen-bond acceptors (Lipinski definition) is 5. The van der Waals surface area contributed by atoms with E-state index >= 15 is 0 Å². The Labute approximate surface area is 150 Å². The van der Waals surface area contributed by atoms with E-state index in [-0.39, 0.29) is 11.7 Å². The van der Waals surface area contributed by atoms with Crippen molar-refractivity contribution in [3.05, 3.63) is 48.0 Å². The molecule has 0 aliphatic rings. The highest BCUT2D eigenvalue weighted by Gasteiger charge is 2.13. The van der Waals surface area contributed by atoms with Gasteiger partial charge in [-0.1, -0.05) is 12.1 Å². The molecule has 0 fully saturated rings. The van der Waals surface area contributed by atoms with Crippen LogP contribution >= 0.6 is 11.8 Å². The smallest absolute Gasteiger partial charge is 0.255 e. The first-order chi connectivity index (χ1) is 12.0. The third-order valence-corrected chi connectivity index (χ3v) is 4.33. The summed E-state index contributed by atoms with van der Waals surface area (Å²) in [5, 5.41) is 2.85. The van der Waals surface area contributed by atoms with Crippen LogP contribution in [0.15, 0.2) is 47.4 Å². The van der Waals surface area contributed by atoms with Crippen LogP contribution in [0.3, 0.4) is 0 Å². The Morgan fingerprint density at radius 1 is 1.16 bits per heavy atom. The Morgan fingerprint density at radius 2 is 1.92 bits per heavy atom. The van der Waals surface area contributed by atoms with Crippen molar-refractivity contribution in [2.45, 2.75) is 11.8 Å². The van der Waals surface area contributed by atoms with Crippen LogP contribution in [0, 0.1) is 0 Å². The van der Waals surface area contributed by atoms with Crippen molar-refractivity contribution in [1.82, 2.24) is 0 Å². The first-order valence-electron chi connectivity index (χ1n) is 7.67. The van der Waals surface area contributed by atoms with E-state index in [0.29, 0.717) is 29.4 Å². The molecule has 2 aromatic rings. The van der Waals surface area contributed by atoms with Crippen molar-refractivity contribution in [1.29, 1.82) is 0 Å². The van der Waals surface area contributed by atoms with E-state index in [1.54, 1.807) is 31.4 Å². The third kappa shape index (κ3) is 5.15. The van der Waals surface area contributed by atoms with E-state index in [1.807, 2.05) is 25.1 Å². The summed E-state index contributed by atoms with van der Waals surface area (Å²) < 4.78 is 10.7. The summed E-state index contributed by atoms with van der Waals surface area (Å²) in [6.07, 6.45) is 0. The number of nitrogens with one attached hydrogen (secondary N) is 1. The number of rotatable bonds is 8. The van der Waals surface area contributed by atoms with Crippen molar-refractivity contribution < 1.29 is 19.1 Å². The Morgan fingerprint density at radius 3 is 2.60 bits per heavy atom. The van der Waals surface area contributed by atoms with Gasteiger partial charge >= 0.3 is 0 Å². The molecule has 0 bridgehead atoms. The largest absolute Gasteiger partial charge is 0.493 e. The number of anilines is 1. The average Bonchev–Trinajstić information content (AvgIpc) is 2.61. The van der Waals surface area contributed by atoms with Crippen LogP contribution in [0.25, 0.3) is 0 Å². The summed E-state index contributed by atoms with van der Waals surface area (Å²) in [6, 6.07) is 12.2. The number of thioether (sulfide) groups is 1. The lowest BCUT2D eigenvalue weighted by Crippen LogP contribution is -2.15. The van der Waals surface area contributed by atoms with Gasteiger partial charge in [-0.2, -0.15) is 0 Å². The van der Waals surface area contributed by atoms with Crippen molar-refractivity contribution in [3.63, 3.8) is 0 Å². The first-order valence-corrected chi connectivity index (χ1v) is 8.66. The second kappa shape index (κ2) is 8.98. The van der Waals surface area contributed by atoms with Crippen LogP contribution in [0.1, 0.15) is 17.3 Å². The van der Waals surface area contributed by atoms with E-state index in [9.17, 15) is 9.59 Å². The molecule has 25 heavy (non-hydrogen) atoms. The number of carbonyl (C=O) groups excluding carboxylic acids is 2. The summed E-state index contributed by atoms with van der Waals surface area (Å²) in [5.41, 5.74) is 6.24. The fourth-order valence-corrected chi connectivity index (χ4v) is 2.87. The SMILES string of the molecule is CCOc1cc(C(=O)Nc2ccccc2SCC(N)=O)ccc1OC. The number of benzene rings is 2. The van der Waals surface area contributed by atoms with Gasteiger partial charge in [0.05, 0.1) is 25.2 Å². The minimum Gasteiger partial charge on any atom is -0.493 e. The molecule has 0 radical (unpaired) electrons. The van der Waals surface area contributed by atoms with Gasteiger partial charge < -0.3 is 20.5 Å². The topological polar surface area (TPSA) is 90.6 Å². The predicted molar refractivity (Wildman–Crippen MR) is 98.5 cm³/mol. The van der Waals surface area contributed by atoms with Gasteiger partial charge in [-0.15, -0.1) is 11.8 Å². The monoisotopic (exact) mass is 360 g/mol. The quantitative estimate of drug-likeness (QED) is 0.707. The standard InChI is InChI=1S/C18H20N2O4S/c1-3-24-15-10-12(8-9-14(15)23-2)18(22)20-13-6-4-5-7-16(13)25-11-17(19)21/h4-10H,3,11H2,1-2H3,(H2,19,21)(H,20,22). The molecule has 0 heterocycles. The number of carbonyl (C=O) groups is 2. The molecule has 132 valence electrons. The Hall–Kier alpha value is -2.67. The van der Waals surface area contributed by atoms with Crippen LogP contribution in [0.4, 0.5) is 5.69 Å². The van der Waals surface area contributed by atoms with Crippen LogP contribution in [0.2, 0.25) is 0 Å². The number of hydrogen-bond donors (Lipinski definition) is 2. The number of nitrogens with two attached hydrogens (primary N) is 1. The van der Waals surface area contributed by atoms with Gasteiger partial charge in [-0.25, -0.2) is 0 Å². The van der Waals surface area contributed by atoms with E-state index in [0.717, 1.165) is 4.90 Å². The summed E-state index contributed by atoms with van der Waals surface area (Å²) in [7, 11) is 1.55. The highest BCUT2D eigenvalue weighted by atomic mass is 32.2. The lowest BCUT2D eigenvalue weighted by Gasteiger charge is -2.13. The molecule has 0 spiro atoms. The van der Waals surface area contributed by atoms with E-state index < -0.39 is 5.91 Å². The highest BCUT2D eigenvalue weighted by Crippen LogP contribution is 2.30. The molecule has 2 aromatic carbocycles. The fourth-order valence-electron chi connectivity index (χ4n) is 2.13. The summed E-state index contributed by atoms with van der Waals surface area (Å²) >= 11 is 1.28. The zero-order chi connectivity index (χ0) is 18.2. The van der Waals surface area contributed by atoms with Crippen molar-refractivity contribution in [2.24, 2.45) is 5.73 Å². The Bertz CT molecular complexity index is 764.